The summed E-state index contributed by atoms with van der Waals surface area (Å²) in [5.74, 6) is 1.99. The van der Waals surface area contributed by atoms with Crippen LogP contribution >= 0.6 is 0 Å². The van der Waals surface area contributed by atoms with E-state index in [0.29, 0.717) is 0 Å². The summed E-state index contributed by atoms with van der Waals surface area (Å²) in [6.45, 7) is 20.6. The summed E-state index contributed by atoms with van der Waals surface area (Å²) in [5.41, 5.74) is 17.1. The number of nitrogens with zero attached hydrogens (tertiary/aromatic N) is 2. The van der Waals surface area contributed by atoms with E-state index in [1.165, 1.54) is 226 Å². The van der Waals surface area contributed by atoms with E-state index in [1.54, 1.807) is 11.1 Å². The van der Waals surface area contributed by atoms with E-state index in [0.717, 1.165) is 48.6 Å². The maximum atomic E-state index is 6.40. The number of hydrogen-bond donors (Lipinski definition) is 0. The van der Waals surface area contributed by atoms with Crippen LogP contribution in [0.15, 0.2) is 158 Å². The minimum atomic E-state index is -0.203. The Hall–Kier alpha value is -6.45. The Kier molecular flexibility index (Phi) is 22.0. The van der Waals surface area contributed by atoms with Gasteiger partial charge in [0.2, 0.25) is 0 Å². The van der Waals surface area contributed by atoms with Crippen molar-refractivity contribution in [1.29, 1.82) is 0 Å². The number of hydrogen-bond acceptors (Lipinski definition) is 2. The van der Waals surface area contributed by atoms with E-state index < -0.39 is 0 Å². The monoisotopic (exact) mass is 1160 g/mol. The van der Waals surface area contributed by atoms with Gasteiger partial charge in [-0.15, -0.1) is 0 Å². The second kappa shape index (κ2) is 30.2. The highest BCUT2D eigenvalue weighted by Crippen LogP contribution is 2.56. The maximum Gasteiger partial charge on any atom is 0.141 e. The lowest BCUT2D eigenvalue weighted by atomic mass is 9.68. The van der Waals surface area contributed by atoms with E-state index in [2.05, 4.69) is 218 Å². The van der Waals surface area contributed by atoms with Crippen molar-refractivity contribution in [2.45, 2.75) is 245 Å². The first-order valence-electron chi connectivity index (χ1n) is 35.1. The third-order valence-electron chi connectivity index (χ3n) is 20.5. The van der Waals surface area contributed by atoms with Gasteiger partial charge in [-0.2, -0.15) is 0 Å². The number of aryl methyl sites for hydroxylation is 1. The van der Waals surface area contributed by atoms with E-state index >= 15 is 0 Å². The second-order valence-electron chi connectivity index (χ2n) is 27.3. The van der Waals surface area contributed by atoms with Gasteiger partial charge < -0.3 is 9.30 Å². The molecule has 1 aromatic heterocycles. The molecule has 0 fully saturated rings. The second-order valence-corrected chi connectivity index (χ2v) is 27.3. The van der Waals surface area contributed by atoms with Crippen molar-refractivity contribution in [3.8, 4) is 39.4 Å². The van der Waals surface area contributed by atoms with Gasteiger partial charge in [-0.1, -0.05) is 312 Å². The highest BCUT2D eigenvalue weighted by atomic mass is 16.5. The molecule has 0 N–H and O–H groups in total. The van der Waals surface area contributed by atoms with Crippen LogP contribution in [0.5, 0.6) is 5.75 Å². The van der Waals surface area contributed by atoms with Gasteiger partial charge in [-0.05, 0) is 135 Å². The highest BCUT2D eigenvalue weighted by Gasteiger charge is 2.43. The zero-order chi connectivity index (χ0) is 60.6. The third-order valence-corrected chi connectivity index (χ3v) is 20.5. The molecule has 0 unspecified atom stereocenters. The van der Waals surface area contributed by atoms with Crippen LogP contribution in [-0.2, 0) is 22.8 Å². The van der Waals surface area contributed by atoms with Crippen LogP contribution in [0.25, 0.3) is 66.2 Å². The summed E-state index contributed by atoms with van der Waals surface area (Å²) < 4.78 is 9.02. The lowest BCUT2D eigenvalue weighted by molar-refractivity contribution is 0.304. The first-order chi connectivity index (χ1) is 42.5. The summed E-state index contributed by atoms with van der Waals surface area (Å²) in [7, 11) is 0. The number of unbranched alkanes of at least 4 members (excludes halogenated alkanes) is 20. The Balaban J connectivity index is 1.13. The molecule has 9 aromatic rings. The Bertz CT molecular complexity index is 3600. The topological polar surface area (TPSA) is 27.1 Å². The molecule has 458 valence electrons. The lowest BCUT2D eigenvalue weighted by Gasteiger charge is -2.35. The van der Waals surface area contributed by atoms with Crippen molar-refractivity contribution < 1.29 is 4.74 Å². The molecule has 87 heavy (non-hydrogen) atoms. The molecule has 3 heteroatoms. The van der Waals surface area contributed by atoms with Crippen LogP contribution in [-0.4, -0.2) is 16.2 Å². The number of rotatable bonds is 35. The van der Waals surface area contributed by atoms with Gasteiger partial charge in [0.1, 0.15) is 11.6 Å². The molecule has 3 nitrogen and oxygen atoms in total. The first-order valence-corrected chi connectivity index (χ1v) is 35.1. The predicted octanol–water partition coefficient (Wildman–Crippen LogP) is 25.2. The van der Waals surface area contributed by atoms with Crippen LogP contribution in [0.3, 0.4) is 0 Å². The van der Waals surface area contributed by atoms with E-state index in [9.17, 15) is 0 Å². The van der Waals surface area contributed by atoms with Crippen molar-refractivity contribution in [3.05, 3.63) is 191 Å². The van der Waals surface area contributed by atoms with Gasteiger partial charge >= 0.3 is 0 Å². The van der Waals surface area contributed by atoms with Crippen LogP contribution in [0.2, 0.25) is 0 Å². The number of ether oxygens (including phenoxy) is 1. The SMILES string of the molecule is CCCCCCCCOc1ccc(-c2nc3c4cc(-c5ccc6c(c5)C(CCCCCCCC)(CCCCCCCC)c5cc(C(C)(C)c7ccccc7)ccc5-6)ccc4c4ccc(C(C)(C)c5ccccc5)cc4c3n2CCCCCCCC)cc1. The average Bonchev–Trinajstić information content (AvgIpc) is 1.67. The zero-order valence-electron chi connectivity index (χ0n) is 55.1. The molecule has 0 radical (unpaired) electrons. The zero-order valence-corrected chi connectivity index (χ0v) is 55.1. The number of fused-ring (bicyclic) bond motifs is 9. The summed E-state index contributed by atoms with van der Waals surface area (Å²) >= 11 is 0. The fourth-order valence-corrected chi connectivity index (χ4v) is 14.9. The van der Waals surface area contributed by atoms with Crippen molar-refractivity contribution >= 4 is 32.6 Å². The van der Waals surface area contributed by atoms with Crippen LogP contribution in [0.1, 0.15) is 256 Å². The Labute approximate surface area is 526 Å². The van der Waals surface area contributed by atoms with Crippen LogP contribution in [0, 0.1) is 0 Å². The van der Waals surface area contributed by atoms with Gasteiger partial charge in [0, 0.05) is 39.1 Å². The van der Waals surface area contributed by atoms with Gasteiger partial charge in [0.05, 0.1) is 17.6 Å². The maximum absolute atomic E-state index is 6.40. The first kappa shape index (κ1) is 63.6. The van der Waals surface area contributed by atoms with Crippen molar-refractivity contribution in [2.24, 2.45) is 0 Å². The van der Waals surface area contributed by atoms with E-state index in [4.69, 9.17) is 9.72 Å². The van der Waals surface area contributed by atoms with Crippen LogP contribution in [0.4, 0.5) is 0 Å². The summed E-state index contributed by atoms with van der Waals surface area (Å²) in [6, 6.07) is 61.3. The summed E-state index contributed by atoms with van der Waals surface area (Å²) in [4.78, 5) is 5.92. The third kappa shape index (κ3) is 14.4. The number of benzene rings is 8. The van der Waals surface area contributed by atoms with Crippen LogP contribution < -0.4 is 4.74 Å². The van der Waals surface area contributed by atoms with E-state index in [-0.39, 0.29) is 16.2 Å². The minimum Gasteiger partial charge on any atom is -0.494 e. The fraction of sp³-hybridized carbons (Fsp3) is 0.464. The molecule has 1 aliphatic rings. The van der Waals surface area contributed by atoms with Crippen molar-refractivity contribution in [3.63, 3.8) is 0 Å². The molecule has 0 saturated heterocycles. The van der Waals surface area contributed by atoms with E-state index in [1.807, 2.05) is 0 Å². The molecular weight excluding hydrogens is 1050 g/mol. The Morgan fingerprint density at radius 2 is 0.828 bits per heavy atom. The molecule has 1 heterocycles. The number of aromatic nitrogens is 2. The minimum absolute atomic E-state index is 0.0659. The molecule has 0 spiro atoms. The van der Waals surface area contributed by atoms with Crippen molar-refractivity contribution in [2.75, 3.05) is 6.61 Å². The summed E-state index contributed by atoms with van der Waals surface area (Å²) in [5, 5.41) is 5.08. The van der Waals surface area contributed by atoms with Gasteiger partial charge in [-0.25, -0.2) is 4.98 Å². The Morgan fingerprint density at radius 1 is 0.379 bits per heavy atom. The molecule has 0 bridgehead atoms. The van der Waals surface area contributed by atoms with Gasteiger partial charge in [0.25, 0.3) is 0 Å². The summed E-state index contributed by atoms with van der Waals surface area (Å²) in [6.07, 6.45) is 33.0. The molecular formula is C84H106N2O. The van der Waals surface area contributed by atoms with Crippen molar-refractivity contribution in [1.82, 2.24) is 9.55 Å². The molecule has 0 aliphatic heterocycles. The largest absolute Gasteiger partial charge is 0.494 e. The number of imidazole rings is 1. The smallest absolute Gasteiger partial charge is 0.141 e. The molecule has 8 aromatic carbocycles. The highest BCUT2D eigenvalue weighted by molar-refractivity contribution is 6.24. The van der Waals surface area contributed by atoms with Gasteiger partial charge in [-0.3, -0.25) is 0 Å². The Morgan fingerprint density at radius 3 is 1.41 bits per heavy atom. The van der Waals surface area contributed by atoms with Gasteiger partial charge in [0.15, 0.2) is 0 Å². The molecule has 1 aliphatic carbocycles. The lowest BCUT2D eigenvalue weighted by Crippen LogP contribution is -2.27. The standard InChI is InChI=1S/C84H106N2O/c1-9-13-17-21-25-35-55-84(56-36-26-22-18-14-10-2)77-60-65(46-52-73(77)74-54-48-69(62-78(74)84)83(7,8)67-41-33-30-34-42-67)64-45-51-71-72-53-47-68(82(5,6)66-39-31-29-32-40-66)61-76(72)80-79(75(71)59-64)85-81(86(80)57-37-27-23-19-15-11-3)63-43-49-70(50-44-63)87-58-38-28-24-20-16-12-4/h29-34,39-54,59-62H,9-28,35-38,55-58H2,1-8H3. The molecule has 0 atom stereocenters. The predicted molar refractivity (Wildman–Crippen MR) is 377 cm³/mol. The fourth-order valence-electron chi connectivity index (χ4n) is 14.9. The molecule has 10 rings (SSSR count). The average molecular weight is 1160 g/mol. The normalized spacial score (nSPS) is 13.1. The molecule has 0 saturated carbocycles. The molecule has 0 amide bonds. The quantitative estimate of drug-likeness (QED) is 0.0292.